The van der Waals surface area contributed by atoms with Crippen LogP contribution in [-0.2, 0) is 0 Å². The zero-order chi connectivity index (χ0) is 7.56. The van der Waals surface area contributed by atoms with Gasteiger partial charge < -0.3 is 5.11 Å². The Hall–Kier alpha value is -1.02. The maximum absolute atomic E-state index is 8.91. The van der Waals surface area contributed by atoms with E-state index in [1.54, 1.807) is 12.1 Å². The van der Waals surface area contributed by atoms with Gasteiger partial charge in [0.15, 0.2) is 10.9 Å². The molecule has 0 unspecified atom stereocenters. The molecule has 2 nitrogen and oxygen atoms in total. The summed E-state index contributed by atoms with van der Waals surface area (Å²) in [5.74, 6) is -0.00716. The zero-order valence-corrected chi connectivity index (χ0v) is 5.97. The Bertz CT molecular complexity index is 260. The molecule has 1 heterocycles. The molecule has 0 saturated heterocycles. The molecule has 0 radical (unpaired) electrons. The average Bonchev–Trinajstić information content (AvgIpc) is 1.95. The Kier molecular flexibility index (Phi) is 1.92. The van der Waals surface area contributed by atoms with E-state index in [1.165, 1.54) is 6.07 Å². The minimum absolute atomic E-state index is 0.00716. The standard InChI is InChI=1S/C7H6ClNO/c1-2-5-3-4-6(10)7(8)9-5/h2-4,10H,1H2. The van der Waals surface area contributed by atoms with Crippen molar-refractivity contribution in [1.82, 2.24) is 4.98 Å². The van der Waals surface area contributed by atoms with E-state index in [-0.39, 0.29) is 10.9 Å². The zero-order valence-electron chi connectivity index (χ0n) is 5.21. The summed E-state index contributed by atoms with van der Waals surface area (Å²) >= 11 is 5.48. The monoisotopic (exact) mass is 155 g/mol. The molecule has 1 rings (SSSR count). The first-order valence-electron chi connectivity index (χ1n) is 2.72. The van der Waals surface area contributed by atoms with Crippen molar-refractivity contribution in [3.05, 3.63) is 29.6 Å². The molecule has 0 aliphatic heterocycles. The van der Waals surface area contributed by atoms with Crippen molar-refractivity contribution in [2.24, 2.45) is 0 Å². The highest BCUT2D eigenvalue weighted by Crippen LogP contribution is 2.19. The van der Waals surface area contributed by atoms with Gasteiger partial charge >= 0.3 is 0 Å². The van der Waals surface area contributed by atoms with Gasteiger partial charge in [-0.3, -0.25) is 0 Å². The van der Waals surface area contributed by atoms with Crippen molar-refractivity contribution in [2.45, 2.75) is 0 Å². The number of hydrogen-bond acceptors (Lipinski definition) is 2. The molecule has 0 aromatic carbocycles. The molecule has 1 aromatic heterocycles. The molecule has 0 aliphatic rings. The molecule has 0 saturated carbocycles. The van der Waals surface area contributed by atoms with Gasteiger partial charge in [0.25, 0.3) is 0 Å². The Morgan fingerprint density at radius 1 is 1.60 bits per heavy atom. The van der Waals surface area contributed by atoms with Crippen LogP contribution < -0.4 is 0 Å². The van der Waals surface area contributed by atoms with E-state index in [0.717, 1.165) is 0 Å². The Balaban J connectivity index is 3.16. The van der Waals surface area contributed by atoms with Crippen LogP contribution in [0.15, 0.2) is 18.7 Å². The van der Waals surface area contributed by atoms with E-state index in [2.05, 4.69) is 11.6 Å². The van der Waals surface area contributed by atoms with Crippen LogP contribution in [0.25, 0.3) is 6.08 Å². The lowest BCUT2D eigenvalue weighted by Crippen LogP contribution is -1.79. The van der Waals surface area contributed by atoms with Crippen LogP contribution >= 0.6 is 11.6 Å². The molecule has 1 aromatic rings. The number of pyridine rings is 1. The SMILES string of the molecule is C=Cc1ccc(O)c(Cl)n1. The fourth-order valence-electron chi connectivity index (χ4n) is 0.555. The van der Waals surface area contributed by atoms with Crippen LogP contribution in [0.3, 0.4) is 0 Å². The Morgan fingerprint density at radius 2 is 2.30 bits per heavy atom. The summed E-state index contributed by atoms with van der Waals surface area (Å²) in [7, 11) is 0. The third kappa shape index (κ3) is 1.28. The van der Waals surface area contributed by atoms with Gasteiger partial charge in [0.05, 0.1) is 5.69 Å². The molecular weight excluding hydrogens is 150 g/mol. The molecule has 0 spiro atoms. The first-order valence-corrected chi connectivity index (χ1v) is 3.10. The molecule has 0 amide bonds. The highest BCUT2D eigenvalue weighted by atomic mass is 35.5. The molecule has 0 bridgehead atoms. The van der Waals surface area contributed by atoms with Crippen LogP contribution in [-0.4, -0.2) is 10.1 Å². The Morgan fingerprint density at radius 3 is 2.80 bits per heavy atom. The van der Waals surface area contributed by atoms with Gasteiger partial charge in [-0.2, -0.15) is 0 Å². The van der Waals surface area contributed by atoms with E-state index >= 15 is 0 Å². The largest absolute Gasteiger partial charge is 0.505 e. The van der Waals surface area contributed by atoms with Crippen molar-refractivity contribution in [3.8, 4) is 5.75 Å². The van der Waals surface area contributed by atoms with Gasteiger partial charge in [-0.1, -0.05) is 18.2 Å². The van der Waals surface area contributed by atoms with Gasteiger partial charge in [-0.15, -0.1) is 0 Å². The van der Waals surface area contributed by atoms with Crippen LogP contribution in [0, 0.1) is 0 Å². The molecule has 52 valence electrons. The lowest BCUT2D eigenvalue weighted by atomic mass is 10.3. The van der Waals surface area contributed by atoms with Crippen molar-refractivity contribution >= 4 is 17.7 Å². The second kappa shape index (κ2) is 2.71. The van der Waals surface area contributed by atoms with Gasteiger partial charge in [-0.25, -0.2) is 4.98 Å². The van der Waals surface area contributed by atoms with Crippen molar-refractivity contribution in [2.75, 3.05) is 0 Å². The van der Waals surface area contributed by atoms with Crippen molar-refractivity contribution < 1.29 is 5.11 Å². The summed E-state index contributed by atoms with van der Waals surface area (Å²) in [6, 6.07) is 3.11. The lowest BCUT2D eigenvalue weighted by Gasteiger charge is -1.95. The number of halogens is 1. The minimum Gasteiger partial charge on any atom is -0.505 e. The highest BCUT2D eigenvalue weighted by Gasteiger charge is 1.97. The smallest absolute Gasteiger partial charge is 0.171 e. The first kappa shape index (κ1) is 7.09. The van der Waals surface area contributed by atoms with Gasteiger partial charge in [0.1, 0.15) is 0 Å². The quantitative estimate of drug-likeness (QED) is 0.630. The third-order valence-corrected chi connectivity index (χ3v) is 1.34. The molecule has 0 fully saturated rings. The minimum atomic E-state index is -0.00716. The second-order valence-corrected chi connectivity index (χ2v) is 2.11. The van der Waals surface area contributed by atoms with Crippen LogP contribution in [0.4, 0.5) is 0 Å². The van der Waals surface area contributed by atoms with E-state index in [0.29, 0.717) is 5.69 Å². The summed E-state index contributed by atoms with van der Waals surface area (Å²) in [4.78, 5) is 3.79. The van der Waals surface area contributed by atoms with Crippen LogP contribution in [0.5, 0.6) is 5.75 Å². The molecule has 3 heteroatoms. The summed E-state index contributed by atoms with van der Waals surface area (Å²) in [6.07, 6.45) is 1.56. The Labute approximate surface area is 63.8 Å². The van der Waals surface area contributed by atoms with Gasteiger partial charge in [0, 0.05) is 0 Å². The fraction of sp³-hybridized carbons (Fsp3) is 0. The van der Waals surface area contributed by atoms with Crippen molar-refractivity contribution in [1.29, 1.82) is 0 Å². The number of aromatic nitrogens is 1. The topological polar surface area (TPSA) is 33.1 Å². The summed E-state index contributed by atoms with van der Waals surface area (Å²) < 4.78 is 0. The maximum Gasteiger partial charge on any atom is 0.171 e. The summed E-state index contributed by atoms with van der Waals surface area (Å²) in [6.45, 7) is 3.50. The predicted molar refractivity (Wildman–Crippen MR) is 41.0 cm³/mol. The molecule has 0 aliphatic carbocycles. The number of aromatic hydroxyl groups is 1. The highest BCUT2D eigenvalue weighted by molar-refractivity contribution is 6.30. The number of rotatable bonds is 1. The normalized spacial score (nSPS) is 9.30. The molecular formula is C7H6ClNO. The number of nitrogens with zero attached hydrogens (tertiary/aromatic N) is 1. The van der Waals surface area contributed by atoms with E-state index in [9.17, 15) is 0 Å². The van der Waals surface area contributed by atoms with Crippen molar-refractivity contribution in [3.63, 3.8) is 0 Å². The van der Waals surface area contributed by atoms with Crippen LogP contribution in [0.1, 0.15) is 5.69 Å². The number of hydrogen-bond donors (Lipinski definition) is 1. The fourth-order valence-corrected chi connectivity index (χ4v) is 0.715. The lowest BCUT2D eigenvalue weighted by molar-refractivity contribution is 0.473. The first-order chi connectivity index (χ1) is 4.74. The van der Waals surface area contributed by atoms with E-state index in [1.807, 2.05) is 0 Å². The van der Waals surface area contributed by atoms with Crippen LogP contribution in [0.2, 0.25) is 5.15 Å². The molecule has 0 atom stereocenters. The van der Waals surface area contributed by atoms with Gasteiger partial charge in [-0.05, 0) is 18.2 Å². The van der Waals surface area contributed by atoms with Gasteiger partial charge in [0.2, 0.25) is 0 Å². The summed E-state index contributed by atoms with van der Waals surface area (Å²) in [5, 5.41) is 9.02. The van der Waals surface area contributed by atoms with E-state index in [4.69, 9.17) is 16.7 Å². The van der Waals surface area contributed by atoms with E-state index < -0.39 is 0 Å². The third-order valence-electron chi connectivity index (χ3n) is 1.06. The molecule has 10 heavy (non-hydrogen) atoms. The predicted octanol–water partition coefficient (Wildman–Crippen LogP) is 2.08. The molecule has 1 N–H and O–H groups in total. The maximum atomic E-state index is 8.91. The second-order valence-electron chi connectivity index (χ2n) is 1.75. The average molecular weight is 156 g/mol. The summed E-state index contributed by atoms with van der Waals surface area (Å²) in [5.41, 5.74) is 0.655.